The van der Waals surface area contributed by atoms with E-state index in [2.05, 4.69) is 34.3 Å². The van der Waals surface area contributed by atoms with Gasteiger partial charge in [-0.25, -0.2) is 0 Å². The maximum absolute atomic E-state index is 11.0. The summed E-state index contributed by atoms with van der Waals surface area (Å²) in [6, 6.07) is 10.3. The predicted molar refractivity (Wildman–Crippen MR) is 96.6 cm³/mol. The third-order valence-corrected chi connectivity index (χ3v) is 4.63. The molecule has 1 saturated heterocycles. The Morgan fingerprint density at radius 2 is 2.00 bits per heavy atom. The second-order valence-electron chi connectivity index (χ2n) is 7.02. The van der Waals surface area contributed by atoms with Crippen LogP contribution in [0.4, 0.5) is 0 Å². The van der Waals surface area contributed by atoms with Crippen LogP contribution in [-0.4, -0.2) is 66.7 Å². The molecule has 1 heterocycles. The normalized spacial score (nSPS) is 17.8. The fourth-order valence-electron chi connectivity index (χ4n) is 3.34. The Morgan fingerprint density at radius 3 is 2.62 bits per heavy atom. The van der Waals surface area contributed by atoms with Crippen LogP contribution in [0.2, 0.25) is 0 Å². The molecule has 2 rings (SSSR count). The van der Waals surface area contributed by atoms with E-state index < -0.39 is 0 Å². The van der Waals surface area contributed by atoms with E-state index >= 15 is 0 Å². The number of likely N-dealkylation sites (tertiary alicyclic amines) is 1. The largest absolute Gasteiger partial charge is 0.390 e. The minimum absolute atomic E-state index is 0.0503. The second kappa shape index (κ2) is 9.77. The average molecular weight is 333 g/mol. The quantitative estimate of drug-likeness (QED) is 0.754. The second-order valence-corrected chi connectivity index (χ2v) is 7.02. The molecule has 24 heavy (non-hydrogen) atoms. The van der Waals surface area contributed by atoms with Crippen LogP contribution >= 0.6 is 0 Å². The van der Waals surface area contributed by atoms with Crippen molar-refractivity contribution >= 4 is 5.91 Å². The monoisotopic (exact) mass is 333 g/mol. The van der Waals surface area contributed by atoms with Gasteiger partial charge in [0.25, 0.3) is 0 Å². The van der Waals surface area contributed by atoms with Crippen LogP contribution in [0.5, 0.6) is 0 Å². The molecule has 0 saturated carbocycles. The summed E-state index contributed by atoms with van der Waals surface area (Å²) in [5, 5.41) is 13.3. The SMILES string of the molecule is CC(=O)NCC1CCN(C[C@@H](O)CN(C)Cc2ccccc2)CC1. The average Bonchev–Trinajstić information content (AvgIpc) is 2.54. The van der Waals surface area contributed by atoms with E-state index in [-0.39, 0.29) is 12.0 Å². The van der Waals surface area contributed by atoms with Crippen molar-refractivity contribution in [3.8, 4) is 0 Å². The number of hydrogen-bond acceptors (Lipinski definition) is 4. The summed E-state index contributed by atoms with van der Waals surface area (Å²) in [7, 11) is 2.05. The molecule has 1 amide bonds. The summed E-state index contributed by atoms with van der Waals surface area (Å²) < 4.78 is 0. The lowest BCUT2D eigenvalue weighted by Crippen LogP contribution is -2.44. The molecular weight excluding hydrogens is 302 g/mol. The molecule has 5 heteroatoms. The van der Waals surface area contributed by atoms with Gasteiger partial charge in [-0.15, -0.1) is 0 Å². The summed E-state index contributed by atoms with van der Waals surface area (Å²) >= 11 is 0. The molecule has 1 atom stereocenters. The van der Waals surface area contributed by atoms with Crippen molar-refractivity contribution in [3.05, 3.63) is 35.9 Å². The zero-order chi connectivity index (χ0) is 17.4. The van der Waals surface area contributed by atoms with Crippen molar-refractivity contribution in [2.75, 3.05) is 39.8 Å². The van der Waals surface area contributed by atoms with Crippen LogP contribution in [0.25, 0.3) is 0 Å². The van der Waals surface area contributed by atoms with Gasteiger partial charge in [0.2, 0.25) is 5.91 Å². The standard InChI is InChI=1S/C19H31N3O2/c1-16(23)20-12-17-8-10-22(11-9-17)15-19(24)14-21(2)13-18-6-4-3-5-7-18/h3-7,17,19,24H,8-15H2,1-2H3,(H,20,23)/t19-/m0/s1. The van der Waals surface area contributed by atoms with Gasteiger partial charge in [0.05, 0.1) is 6.10 Å². The first-order valence-corrected chi connectivity index (χ1v) is 8.90. The number of piperidine rings is 1. The summed E-state index contributed by atoms with van der Waals surface area (Å²) in [5.74, 6) is 0.623. The number of benzene rings is 1. The molecule has 1 aromatic rings. The number of aliphatic hydroxyl groups is 1. The first-order chi connectivity index (χ1) is 11.5. The van der Waals surface area contributed by atoms with Crippen molar-refractivity contribution in [1.82, 2.24) is 15.1 Å². The zero-order valence-corrected chi connectivity index (χ0v) is 14.9. The Morgan fingerprint density at radius 1 is 1.33 bits per heavy atom. The first kappa shape index (κ1) is 18.9. The van der Waals surface area contributed by atoms with Gasteiger partial charge in [-0.3, -0.25) is 9.69 Å². The van der Waals surface area contributed by atoms with Gasteiger partial charge in [-0.05, 0) is 44.5 Å². The van der Waals surface area contributed by atoms with Crippen LogP contribution in [0.3, 0.4) is 0 Å². The van der Waals surface area contributed by atoms with E-state index in [1.807, 2.05) is 18.2 Å². The summed E-state index contributed by atoms with van der Waals surface area (Å²) in [6.45, 7) is 6.62. The number of carbonyl (C=O) groups excluding carboxylic acids is 1. The van der Waals surface area contributed by atoms with E-state index in [1.54, 1.807) is 6.92 Å². The number of hydrogen-bond donors (Lipinski definition) is 2. The van der Waals surface area contributed by atoms with Crippen LogP contribution in [0.15, 0.2) is 30.3 Å². The minimum atomic E-state index is -0.328. The third kappa shape index (κ3) is 6.99. The van der Waals surface area contributed by atoms with Crippen molar-refractivity contribution in [3.63, 3.8) is 0 Å². The lowest BCUT2D eigenvalue weighted by Gasteiger charge is -2.34. The molecule has 0 unspecified atom stereocenters. The number of carbonyl (C=O) groups is 1. The van der Waals surface area contributed by atoms with Gasteiger partial charge in [0.1, 0.15) is 0 Å². The number of aliphatic hydroxyl groups excluding tert-OH is 1. The minimum Gasteiger partial charge on any atom is -0.390 e. The summed E-state index contributed by atoms with van der Waals surface area (Å²) in [5.41, 5.74) is 1.27. The molecular formula is C19H31N3O2. The van der Waals surface area contributed by atoms with Gasteiger partial charge in [-0.1, -0.05) is 30.3 Å². The molecule has 0 aromatic heterocycles. The Hall–Kier alpha value is -1.43. The molecule has 0 aliphatic carbocycles. The van der Waals surface area contributed by atoms with Gasteiger partial charge in [0.15, 0.2) is 0 Å². The highest BCUT2D eigenvalue weighted by atomic mass is 16.3. The number of rotatable bonds is 8. The van der Waals surface area contributed by atoms with E-state index in [1.165, 1.54) is 5.56 Å². The first-order valence-electron chi connectivity index (χ1n) is 8.90. The van der Waals surface area contributed by atoms with E-state index in [9.17, 15) is 9.90 Å². The Kier molecular flexibility index (Phi) is 7.69. The van der Waals surface area contributed by atoms with Crippen LogP contribution in [-0.2, 0) is 11.3 Å². The lowest BCUT2D eigenvalue weighted by molar-refractivity contribution is -0.119. The van der Waals surface area contributed by atoms with E-state index in [0.717, 1.165) is 45.6 Å². The van der Waals surface area contributed by atoms with Crippen LogP contribution in [0, 0.1) is 5.92 Å². The van der Waals surface area contributed by atoms with Crippen LogP contribution < -0.4 is 5.32 Å². The summed E-state index contributed by atoms with van der Waals surface area (Å²) in [6.07, 6.45) is 1.85. The number of nitrogens with zero attached hydrogens (tertiary/aromatic N) is 2. The predicted octanol–water partition coefficient (Wildman–Crippen LogP) is 1.33. The molecule has 0 radical (unpaired) electrons. The van der Waals surface area contributed by atoms with Crippen molar-refractivity contribution < 1.29 is 9.90 Å². The Labute approximate surface area is 145 Å². The molecule has 1 fully saturated rings. The lowest BCUT2D eigenvalue weighted by atomic mass is 9.96. The number of likely N-dealkylation sites (N-methyl/N-ethyl adjacent to an activating group) is 1. The Bertz CT molecular complexity index is 487. The molecule has 134 valence electrons. The Balaban J connectivity index is 1.64. The van der Waals surface area contributed by atoms with Crippen molar-refractivity contribution in [1.29, 1.82) is 0 Å². The van der Waals surface area contributed by atoms with Gasteiger partial charge in [0, 0.05) is 33.1 Å². The van der Waals surface area contributed by atoms with E-state index in [0.29, 0.717) is 12.5 Å². The fourth-order valence-corrected chi connectivity index (χ4v) is 3.34. The molecule has 1 aromatic carbocycles. The van der Waals surface area contributed by atoms with Crippen molar-refractivity contribution in [2.45, 2.75) is 32.4 Å². The van der Waals surface area contributed by atoms with E-state index in [4.69, 9.17) is 0 Å². The maximum atomic E-state index is 11.0. The molecule has 1 aliphatic heterocycles. The zero-order valence-electron chi connectivity index (χ0n) is 14.9. The van der Waals surface area contributed by atoms with Gasteiger partial charge in [-0.2, -0.15) is 0 Å². The molecule has 1 aliphatic rings. The molecule has 2 N–H and O–H groups in total. The summed E-state index contributed by atoms with van der Waals surface area (Å²) in [4.78, 5) is 15.5. The highest BCUT2D eigenvalue weighted by molar-refractivity contribution is 5.72. The smallest absolute Gasteiger partial charge is 0.216 e. The van der Waals surface area contributed by atoms with Gasteiger partial charge >= 0.3 is 0 Å². The number of amides is 1. The fraction of sp³-hybridized carbons (Fsp3) is 0.632. The topological polar surface area (TPSA) is 55.8 Å². The number of nitrogens with one attached hydrogen (secondary N) is 1. The molecule has 0 spiro atoms. The number of β-amino-alcohol motifs (C(OH)–C–C–N with tert-alkyl or cyclic N) is 1. The van der Waals surface area contributed by atoms with Crippen molar-refractivity contribution in [2.24, 2.45) is 5.92 Å². The maximum Gasteiger partial charge on any atom is 0.216 e. The van der Waals surface area contributed by atoms with Gasteiger partial charge < -0.3 is 15.3 Å². The highest BCUT2D eigenvalue weighted by Gasteiger charge is 2.21. The highest BCUT2D eigenvalue weighted by Crippen LogP contribution is 2.16. The van der Waals surface area contributed by atoms with Crippen LogP contribution in [0.1, 0.15) is 25.3 Å². The molecule has 5 nitrogen and oxygen atoms in total. The molecule has 0 bridgehead atoms. The third-order valence-electron chi connectivity index (χ3n) is 4.63.